The molecular formula is C30H29F6NO2. The van der Waals surface area contributed by atoms with Gasteiger partial charge in [-0.05, 0) is 90.9 Å². The number of hydrogen-bond donors (Lipinski definition) is 1. The molecule has 1 heterocycles. The van der Waals surface area contributed by atoms with E-state index in [9.17, 15) is 36.2 Å². The molecule has 0 aromatic heterocycles. The smallest absolute Gasteiger partial charge is 0.416 e. The van der Waals surface area contributed by atoms with Gasteiger partial charge in [0.15, 0.2) is 0 Å². The van der Waals surface area contributed by atoms with Gasteiger partial charge in [0, 0.05) is 0 Å². The van der Waals surface area contributed by atoms with E-state index in [1.54, 1.807) is 30.3 Å². The summed E-state index contributed by atoms with van der Waals surface area (Å²) in [4.78, 5) is 13.8. The van der Waals surface area contributed by atoms with Gasteiger partial charge in [-0.25, -0.2) is 0 Å². The molecule has 0 amide bonds. The normalized spacial score (nSPS) is 17.1. The lowest BCUT2D eigenvalue weighted by atomic mass is 9.83. The molecule has 9 heteroatoms. The molecule has 1 fully saturated rings. The molecule has 2 atom stereocenters. The third kappa shape index (κ3) is 6.30. The highest BCUT2D eigenvalue weighted by atomic mass is 19.4. The van der Waals surface area contributed by atoms with Gasteiger partial charge in [-0.15, -0.1) is 0 Å². The molecule has 39 heavy (non-hydrogen) atoms. The molecule has 0 spiro atoms. The maximum absolute atomic E-state index is 14.4. The van der Waals surface area contributed by atoms with Crippen molar-refractivity contribution in [2.24, 2.45) is 5.92 Å². The van der Waals surface area contributed by atoms with Crippen molar-refractivity contribution >= 4 is 5.97 Å². The van der Waals surface area contributed by atoms with Gasteiger partial charge in [-0.1, -0.05) is 49.4 Å². The first-order chi connectivity index (χ1) is 18.3. The van der Waals surface area contributed by atoms with E-state index in [0.717, 1.165) is 31.0 Å². The number of likely N-dealkylation sites (tertiary alicyclic amines) is 1. The molecule has 0 bridgehead atoms. The van der Waals surface area contributed by atoms with Crippen LogP contribution in [0.3, 0.4) is 0 Å². The number of carboxylic acid groups (broad SMARTS) is 1. The fraction of sp³-hybridized carbons (Fsp3) is 0.367. The SMILES string of the molecule is CC1CCN([C@@H](c2ccc(C(F)(F)F)cc2)c2cc(C(F)(F)F)c([C@H](C)C(=O)O)cc2-c2ccccc2)CC1. The number of piperidine rings is 1. The fourth-order valence-electron chi connectivity index (χ4n) is 5.19. The van der Waals surface area contributed by atoms with Crippen molar-refractivity contribution in [1.29, 1.82) is 0 Å². The number of aliphatic carboxylic acids is 1. The number of halogens is 6. The fourth-order valence-corrected chi connectivity index (χ4v) is 5.19. The number of carbonyl (C=O) groups is 1. The first kappa shape index (κ1) is 28.7. The summed E-state index contributed by atoms with van der Waals surface area (Å²) in [5, 5.41) is 9.60. The second-order valence-corrected chi connectivity index (χ2v) is 10.2. The zero-order chi connectivity index (χ0) is 28.5. The van der Waals surface area contributed by atoms with Gasteiger partial charge in [0.25, 0.3) is 0 Å². The minimum atomic E-state index is -4.84. The molecule has 4 rings (SSSR count). The molecule has 3 aromatic carbocycles. The highest BCUT2D eigenvalue weighted by molar-refractivity contribution is 5.79. The first-order valence-electron chi connectivity index (χ1n) is 12.7. The van der Waals surface area contributed by atoms with Crippen LogP contribution in [0.15, 0.2) is 66.7 Å². The van der Waals surface area contributed by atoms with Crippen molar-refractivity contribution in [3.8, 4) is 11.1 Å². The summed E-state index contributed by atoms with van der Waals surface area (Å²) < 4.78 is 83.1. The minimum absolute atomic E-state index is 0.268. The van der Waals surface area contributed by atoms with Gasteiger partial charge in [0.1, 0.15) is 0 Å². The monoisotopic (exact) mass is 549 g/mol. The summed E-state index contributed by atoms with van der Waals surface area (Å²) in [7, 11) is 0. The van der Waals surface area contributed by atoms with E-state index < -0.39 is 41.4 Å². The van der Waals surface area contributed by atoms with Crippen LogP contribution in [0.25, 0.3) is 11.1 Å². The van der Waals surface area contributed by atoms with Crippen molar-refractivity contribution in [3.63, 3.8) is 0 Å². The highest BCUT2D eigenvalue weighted by Gasteiger charge is 2.39. The van der Waals surface area contributed by atoms with Gasteiger partial charge in [-0.2, -0.15) is 26.3 Å². The Morgan fingerprint density at radius 1 is 0.872 bits per heavy atom. The maximum Gasteiger partial charge on any atom is 0.416 e. The Balaban J connectivity index is 2.01. The van der Waals surface area contributed by atoms with Crippen LogP contribution in [0, 0.1) is 5.92 Å². The van der Waals surface area contributed by atoms with E-state index in [0.29, 0.717) is 35.7 Å². The maximum atomic E-state index is 14.4. The second-order valence-electron chi connectivity index (χ2n) is 10.2. The van der Waals surface area contributed by atoms with Crippen molar-refractivity contribution in [1.82, 2.24) is 4.90 Å². The first-order valence-corrected chi connectivity index (χ1v) is 12.7. The second kappa shape index (κ2) is 11.0. The molecular weight excluding hydrogens is 520 g/mol. The molecule has 1 aliphatic heterocycles. The highest BCUT2D eigenvalue weighted by Crippen LogP contribution is 2.45. The van der Waals surface area contributed by atoms with E-state index >= 15 is 0 Å². The largest absolute Gasteiger partial charge is 0.481 e. The zero-order valence-electron chi connectivity index (χ0n) is 21.5. The molecule has 0 saturated carbocycles. The van der Waals surface area contributed by atoms with Crippen molar-refractivity contribution in [3.05, 3.63) is 94.5 Å². The standard InChI is InChI=1S/C30H29F6NO2/c1-18-12-14-37(15-13-18)27(21-8-10-22(11-9-21)29(31,32)33)25-17-26(30(34,35)36)23(19(2)28(38)39)16-24(25)20-6-4-3-5-7-20/h3-11,16-19,27H,12-15H2,1-2H3,(H,38,39)/t19-,27-/m0/s1. The Labute approximate surface area is 223 Å². The van der Waals surface area contributed by atoms with Crippen LogP contribution < -0.4 is 0 Å². The summed E-state index contributed by atoms with van der Waals surface area (Å²) >= 11 is 0. The van der Waals surface area contributed by atoms with E-state index in [4.69, 9.17) is 0 Å². The van der Waals surface area contributed by atoms with Crippen molar-refractivity contribution < 1.29 is 36.2 Å². The molecule has 3 nitrogen and oxygen atoms in total. The summed E-state index contributed by atoms with van der Waals surface area (Å²) in [6.07, 6.45) is -7.82. The lowest BCUT2D eigenvalue weighted by Gasteiger charge is -2.38. The number of nitrogens with zero attached hydrogens (tertiary/aromatic N) is 1. The van der Waals surface area contributed by atoms with Gasteiger partial charge < -0.3 is 5.11 Å². The van der Waals surface area contributed by atoms with E-state index in [1.165, 1.54) is 25.1 Å². The number of hydrogen-bond acceptors (Lipinski definition) is 2. The zero-order valence-corrected chi connectivity index (χ0v) is 21.5. The third-order valence-corrected chi connectivity index (χ3v) is 7.48. The lowest BCUT2D eigenvalue weighted by Crippen LogP contribution is -2.37. The van der Waals surface area contributed by atoms with Gasteiger partial charge in [0.05, 0.1) is 23.1 Å². The molecule has 1 aliphatic rings. The average molecular weight is 550 g/mol. The molecule has 208 valence electrons. The Morgan fingerprint density at radius 3 is 1.97 bits per heavy atom. The number of rotatable bonds is 6. The van der Waals surface area contributed by atoms with Gasteiger partial charge in [-0.3, -0.25) is 9.69 Å². The minimum Gasteiger partial charge on any atom is -0.481 e. The topological polar surface area (TPSA) is 40.5 Å². The average Bonchev–Trinajstić information content (AvgIpc) is 2.89. The van der Waals surface area contributed by atoms with E-state index in [1.807, 2.05) is 4.90 Å². The van der Waals surface area contributed by atoms with Gasteiger partial charge in [0.2, 0.25) is 0 Å². The van der Waals surface area contributed by atoms with Crippen LogP contribution in [0.4, 0.5) is 26.3 Å². The van der Waals surface area contributed by atoms with Gasteiger partial charge >= 0.3 is 18.3 Å². The predicted molar refractivity (Wildman–Crippen MR) is 136 cm³/mol. The van der Waals surface area contributed by atoms with E-state index in [2.05, 4.69) is 6.92 Å². The molecule has 0 unspecified atom stereocenters. The van der Waals surface area contributed by atoms with Crippen LogP contribution in [0.2, 0.25) is 0 Å². The summed E-state index contributed by atoms with van der Waals surface area (Å²) in [5.74, 6) is -2.41. The summed E-state index contributed by atoms with van der Waals surface area (Å²) in [5.41, 5.74) is -0.573. The predicted octanol–water partition coefficient (Wildman–Crippen LogP) is 8.40. The number of carboxylic acids is 1. The van der Waals surface area contributed by atoms with Crippen LogP contribution >= 0.6 is 0 Å². The molecule has 0 radical (unpaired) electrons. The molecule has 1 saturated heterocycles. The van der Waals surface area contributed by atoms with Crippen LogP contribution in [-0.2, 0) is 17.1 Å². The third-order valence-electron chi connectivity index (χ3n) is 7.48. The summed E-state index contributed by atoms with van der Waals surface area (Å²) in [6.45, 7) is 4.40. The van der Waals surface area contributed by atoms with Crippen LogP contribution in [0.1, 0.15) is 66.5 Å². The van der Waals surface area contributed by atoms with Crippen LogP contribution in [0.5, 0.6) is 0 Å². The molecule has 3 aromatic rings. The Kier molecular flexibility index (Phi) is 8.12. The number of benzene rings is 3. The Morgan fingerprint density at radius 2 is 1.46 bits per heavy atom. The quantitative estimate of drug-likeness (QED) is 0.314. The summed E-state index contributed by atoms with van der Waals surface area (Å²) in [6, 6.07) is 14.7. The molecule has 1 N–H and O–H groups in total. The molecule has 0 aliphatic carbocycles. The van der Waals surface area contributed by atoms with Crippen molar-refractivity contribution in [2.45, 2.75) is 51.0 Å². The Bertz CT molecular complexity index is 1290. The lowest BCUT2D eigenvalue weighted by molar-refractivity contribution is -0.141. The van der Waals surface area contributed by atoms with Crippen molar-refractivity contribution in [2.75, 3.05) is 13.1 Å². The Hall–Kier alpha value is -3.33. The van der Waals surface area contributed by atoms with Crippen LogP contribution in [-0.4, -0.2) is 29.1 Å². The number of alkyl halides is 6. The van der Waals surface area contributed by atoms with E-state index in [-0.39, 0.29) is 11.1 Å².